The Labute approximate surface area is 111 Å². The summed E-state index contributed by atoms with van der Waals surface area (Å²) in [5.74, 6) is -1.12. The summed E-state index contributed by atoms with van der Waals surface area (Å²) < 4.78 is 23.5. The average Bonchev–Trinajstić information content (AvgIpc) is 2.26. The number of nitrogens with zero attached hydrogens (tertiary/aromatic N) is 1. The Bertz CT molecular complexity index is 646. The van der Waals surface area contributed by atoms with E-state index in [-0.39, 0.29) is 16.0 Å². The summed E-state index contributed by atoms with van der Waals surface area (Å²) in [5.41, 5.74) is 0.953. The molecule has 0 atom stereocenters. The molecule has 7 heteroatoms. The van der Waals surface area contributed by atoms with Crippen LogP contribution in [0, 0.1) is 6.92 Å². The van der Waals surface area contributed by atoms with Crippen LogP contribution < -0.4 is 0 Å². The minimum atomic E-state index is -3.49. The number of carbonyl (C=O) groups is 1. The second kappa shape index (κ2) is 5.40. The molecule has 1 rings (SSSR count). The molecule has 0 bridgehead atoms. The molecule has 6 nitrogen and oxygen atoms in total. The Morgan fingerprint density at radius 1 is 1.37 bits per heavy atom. The number of carboxylic acids is 1. The van der Waals surface area contributed by atoms with Gasteiger partial charge in [-0.05, 0) is 31.5 Å². The van der Waals surface area contributed by atoms with Gasteiger partial charge in [-0.15, -0.1) is 0 Å². The van der Waals surface area contributed by atoms with Crippen molar-refractivity contribution in [1.29, 1.82) is 0 Å². The normalized spacial score (nSPS) is 12.3. The molecule has 0 aliphatic rings. The average molecular weight is 285 g/mol. The van der Waals surface area contributed by atoms with Crippen LogP contribution in [0.4, 0.5) is 0 Å². The number of carboxylic acid groups (broad SMARTS) is 1. The summed E-state index contributed by atoms with van der Waals surface area (Å²) >= 11 is 0. The molecule has 1 N–H and O–H groups in total. The first kappa shape index (κ1) is 15.2. The monoisotopic (exact) mass is 285 g/mol. The first-order chi connectivity index (χ1) is 8.70. The Kier molecular flexibility index (Phi) is 4.31. The molecule has 1 aromatic carbocycles. The number of hydrogen-bond acceptors (Lipinski definition) is 5. The van der Waals surface area contributed by atoms with Crippen LogP contribution in [0.5, 0.6) is 0 Å². The number of benzene rings is 1. The lowest BCUT2D eigenvalue weighted by molar-refractivity contribution is 0.0696. The summed E-state index contributed by atoms with van der Waals surface area (Å²) in [5, 5.41) is 12.8. The Hall–Kier alpha value is -1.89. The van der Waals surface area contributed by atoms with Crippen LogP contribution in [0.2, 0.25) is 0 Å². The molecular formula is C12H15NO5S. The first-order valence-corrected chi connectivity index (χ1v) is 7.24. The molecule has 0 saturated carbocycles. The Morgan fingerprint density at radius 2 is 1.95 bits per heavy atom. The fourth-order valence-corrected chi connectivity index (χ4v) is 2.85. The smallest absolute Gasteiger partial charge is 0.335 e. The maximum absolute atomic E-state index is 11.8. The molecule has 0 spiro atoms. The summed E-state index contributed by atoms with van der Waals surface area (Å²) in [6, 6.07) is 2.55. The number of hydrogen-bond donors (Lipinski definition) is 1. The summed E-state index contributed by atoms with van der Waals surface area (Å²) in [4.78, 5) is 15.8. The molecular weight excluding hydrogens is 270 g/mol. The van der Waals surface area contributed by atoms with Gasteiger partial charge >= 0.3 is 5.97 Å². The molecule has 0 aliphatic carbocycles. The van der Waals surface area contributed by atoms with Crippen molar-refractivity contribution >= 4 is 21.5 Å². The maximum atomic E-state index is 11.8. The van der Waals surface area contributed by atoms with Gasteiger partial charge in [0.05, 0.1) is 16.2 Å². The standard InChI is InChI=1S/C12H15NO5S/c1-7-9(12(14)15)5-6-10(19(4,16)17)11(7)8(2)13-18-3/h5-6H,1-4H3,(H,14,15)/b13-8+. The van der Waals surface area contributed by atoms with E-state index in [9.17, 15) is 13.2 Å². The van der Waals surface area contributed by atoms with Crippen LogP contribution in [-0.4, -0.2) is 38.6 Å². The summed E-state index contributed by atoms with van der Waals surface area (Å²) in [6.07, 6.45) is 1.06. The molecule has 0 aromatic heterocycles. The zero-order chi connectivity index (χ0) is 14.8. The van der Waals surface area contributed by atoms with E-state index in [1.165, 1.54) is 19.2 Å². The lowest BCUT2D eigenvalue weighted by Gasteiger charge is -2.13. The fourth-order valence-electron chi connectivity index (χ4n) is 1.86. The molecule has 1 aromatic rings. The van der Waals surface area contributed by atoms with Crippen LogP contribution in [0.15, 0.2) is 22.2 Å². The fraction of sp³-hybridized carbons (Fsp3) is 0.333. The zero-order valence-corrected chi connectivity index (χ0v) is 11.9. The molecule has 104 valence electrons. The largest absolute Gasteiger partial charge is 0.478 e. The topological polar surface area (TPSA) is 93.0 Å². The van der Waals surface area contributed by atoms with Gasteiger partial charge < -0.3 is 9.94 Å². The molecule has 0 aliphatic heterocycles. The van der Waals surface area contributed by atoms with Gasteiger partial charge in [0, 0.05) is 11.8 Å². The highest BCUT2D eigenvalue weighted by Gasteiger charge is 2.21. The third-order valence-electron chi connectivity index (χ3n) is 2.65. The molecule has 0 fully saturated rings. The van der Waals surface area contributed by atoms with Crippen molar-refractivity contribution in [2.75, 3.05) is 13.4 Å². The molecule has 19 heavy (non-hydrogen) atoms. The van der Waals surface area contributed by atoms with Gasteiger partial charge in [0.2, 0.25) is 0 Å². The van der Waals surface area contributed by atoms with Crippen LogP contribution in [-0.2, 0) is 14.7 Å². The lowest BCUT2D eigenvalue weighted by atomic mass is 9.99. The minimum Gasteiger partial charge on any atom is -0.478 e. The number of aromatic carboxylic acids is 1. The summed E-state index contributed by atoms with van der Waals surface area (Å²) in [6.45, 7) is 3.11. The lowest BCUT2D eigenvalue weighted by Crippen LogP contribution is -2.13. The molecule has 0 radical (unpaired) electrons. The maximum Gasteiger partial charge on any atom is 0.335 e. The van der Waals surface area contributed by atoms with E-state index in [0.29, 0.717) is 11.3 Å². The highest BCUT2D eigenvalue weighted by molar-refractivity contribution is 7.90. The van der Waals surface area contributed by atoms with E-state index in [1.54, 1.807) is 13.8 Å². The van der Waals surface area contributed by atoms with E-state index in [2.05, 4.69) is 9.99 Å². The van der Waals surface area contributed by atoms with Crippen molar-refractivity contribution in [3.05, 3.63) is 28.8 Å². The number of oxime groups is 1. The van der Waals surface area contributed by atoms with Crippen molar-refractivity contribution in [2.45, 2.75) is 18.7 Å². The second-order valence-electron chi connectivity index (χ2n) is 4.05. The van der Waals surface area contributed by atoms with Crippen molar-refractivity contribution < 1.29 is 23.2 Å². The number of sulfone groups is 1. The van der Waals surface area contributed by atoms with Gasteiger partial charge in [0.15, 0.2) is 9.84 Å². The van der Waals surface area contributed by atoms with Gasteiger partial charge in [-0.3, -0.25) is 0 Å². The predicted molar refractivity (Wildman–Crippen MR) is 70.5 cm³/mol. The first-order valence-electron chi connectivity index (χ1n) is 5.35. The SMILES string of the molecule is CO/N=C(\C)c1c(S(C)(=O)=O)ccc(C(=O)O)c1C. The van der Waals surface area contributed by atoms with Gasteiger partial charge in [-0.25, -0.2) is 13.2 Å². The summed E-state index contributed by atoms with van der Waals surface area (Å²) in [7, 11) is -2.16. The Morgan fingerprint density at radius 3 is 2.37 bits per heavy atom. The van der Waals surface area contributed by atoms with Gasteiger partial charge in [-0.2, -0.15) is 0 Å². The highest BCUT2D eigenvalue weighted by Crippen LogP contribution is 2.24. The van der Waals surface area contributed by atoms with E-state index in [1.807, 2.05) is 0 Å². The quantitative estimate of drug-likeness (QED) is 0.668. The molecule has 0 amide bonds. The highest BCUT2D eigenvalue weighted by atomic mass is 32.2. The predicted octanol–water partition coefficient (Wildman–Crippen LogP) is 1.47. The third-order valence-corrected chi connectivity index (χ3v) is 3.79. The van der Waals surface area contributed by atoms with Crippen LogP contribution in [0.3, 0.4) is 0 Å². The van der Waals surface area contributed by atoms with E-state index in [0.717, 1.165) is 6.26 Å². The van der Waals surface area contributed by atoms with Crippen LogP contribution in [0.25, 0.3) is 0 Å². The van der Waals surface area contributed by atoms with Crippen molar-refractivity contribution in [1.82, 2.24) is 0 Å². The van der Waals surface area contributed by atoms with Gasteiger partial charge in [-0.1, -0.05) is 5.16 Å². The second-order valence-corrected chi connectivity index (χ2v) is 6.03. The van der Waals surface area contributed by atoms with E-state index < -0.39 is 15.8 Å². The van der Waals surface area contributed by atoms with Crippen molar-refractivity contribution in [2.24, 2.45) is 5.16 Å². The van der Waals surface area contributed by atoms with Gasteiger partial charge in [0.1, 0.15) is 7.11 Å². The van der Waals surface area contributed by atoms with Crippen LogP contribution >= 0.6 is 0 Å². The van der Waals surface area contributed by atoms with Crippen molar-refractivity contribution in [3.8, 4) is 0 Å². The Balaban J connectivity index is 3.75. The zero-order valence-electron chi connectivity index (χ0n) is 11.1. The van der Waals surface area contributed by atoms with E-state index >= 15 is 0 Å². The number of rotatable bonds is 4. The van der Waals surface area contributed by atoms with Crippen molar-refractivity contribution in [3.63, 3.8) is 0 Å². The van der Waals surface area contributed by atoms with Gasteiger partial charge in [0.25, 0.3) is 0 Å². The third kappa shape index (κ3) is 3.11. The van der Waals surface area contributed by atoms with Crippen LogP contribution in [0.1, 0.15) is 28.4 Å². The van der Waals surface area contributed by atoms with E-state index in [4.69, 9.17) is 5.11 Å². The minimum absolute atomic E-state index is 0.0352. The molecule has 0 unspecified atom stereocenters. The molecule has 0 heterocycles. The molecule has 0 saturated heterocycles.